The molecule has 1 unspecified atom stereocenters. The van der Waals surface area contributed by atoms with Gasteiger partial charge in [0.25, 0.3) is 0 Å². The third kappa shape index (κ3) is 40.7. The molecule has 0 bridgehead atoms. The van der Waals surface area contributed by atoms with Gasteiger partial charge in [-0.05, 0) is 38.5 Å². The van der Waals surface area contributed by atoms with Crippen LogP contribution in [0.25, 0.3) is 0 Å². The van der Waals surface area contributed by atoms with E-state index in [-0.39, 0.29) is 13.0 Å². The number of carboxylic acids is 1. The Labute approximate surface area is 337 Å². The Kier molecular flexibility index (Phi) is 39.9. The maximum atomic E-state index is 12.6. The second-order valence-corrected chi connectivity index (χ2v) is 17.0. The lowest BCUT2D eigenvalue weighted by Crippen LogP contribution is -2.34. The molecular formula is C44H86NO9P. The molecule has 4 N–H and O–H groups in total. The van der Waals surface area contributed by atoms with Gasteiger partial charge in [0.1, 0.15) is 12.1 Å². The molecule has 0 rings (SSSR count). The van der Waals surface area contributed by atoms with Crippen molar-refractivity contribution in [3.05, 3.63) is 12.2 Å². The van der Waals surface area contributed by atoms with Crippen LogP contribution in [0.1, 0.15) is 219 Å². The van der Waals surface area contributed by atoms with E-state index in [1.807, 2.05) is 0 Å². The van der Waals surface area contributed by atoms with Crippen LogP contribution in [-0.4, -0.2) is 60.5 Å². The number of unbranched alkanes of at least 4 members (excludes halogenated alkanes) is 28. The summed E-state index contributed by atoms with van der Waals surface area (Å²) in [5.41, 5.74) is 5.36. The van der Waals surface area contributed by atoms with Crippen molar-refractivity contribution in [1.29, 1.82) is 0 Å². The Bertz CT molecular complexity index is 935. The summed E-state index contributed by atoms with van der Waals surface area (Å²) >= 11 is 0. The van der Waals surface area contributed by atoms with Gasteiger partial charge in [-0.1, -0.05) is 187 Å². The van der Waals surface area contributed by atoms with Crippen molar-refractivity contribution in [2.75, 3.05) is 26.4 Å². The third-order valence-corrected chi connectivity index (χ3v) is 11.0. The van der Waals surface area contributed by atoms with Crippen molar-refractivity contribution in [3.8, 4) is 0 Å². The van der Waals surface area contributed by atoms with E-state index < -0.39 is 45.1 Å². The molecule has 0 aliphatic heterocycles. The average molecular weight is 804 g/mol. The molecule has 0 saturated heterocycles. The summed E-state index contributed by atoms with van der Waals surface area (Å²) in [6.07, 6.45) is 42.6. The highest BCUT2D eigenvalue weighted by atomic mass is 31.2. The van der Waals surface area contributed by atoms with Crippen molar-refractivity contribution in [2.45, 2.75) is 231 Å². The van der Waals surface area contributed by atoms with Gasteiger partial charge in [0, 0.05) is 13.0 Å². The van der Waals surface area contributed by atoms with Crippen LogP contribution in [0.3, 0.4) is 0 Å². The number of carboxylic acid groups (broad SMARTS) is 1. The molecule has 55 heavy (non-hydrogen) atoms. The first-order valence-electron chi connectivity index (χ1n) is 22.7. The normalized spacial score (nSPS) is 14.0. The van der Waals surface area contributed by atoms with Crippen LogP contribution in [-0.2, 0) is 32.7 Å². The standard InChI is InChI=1S/C44H86NO9P/c1-3-5-7-9-11-13-15-17-19-20-21-22-23-24-26-28-30-32-34-36-43(46)54-41(39-52-55(49,50)53-40-42(45)44(47)48)38-51-37-35-33-31-29-27-25-18-16-14-12-10-8-6-4-2/h20-21,41-42H,3-19,22-40,45H2,1-2H3,(H,47,48)(H,49,50)/b21-20-/t41-,42+/m1/s1. The minimum atomic E-state index is -4.61. The molecule has 0 aromatic heterocycles. The molecule has 0 radical (unpaired) electrons. The molecular weight excluding hydrogens is 717 g/mol. The zero-order valence-electron chi connectivity index (χ0n) is 35.5. The van der Waals surface area contributed by atoms with E-state index in [1.54, 1.807) is 0 Å². The van der Waals surface area contributed by atoms with Crippen molar-refractivity contribution >= 4 is 19.8 Å². The molecule has 11 heteroatoms. The number of phosphoric acid groups is 1. The van der Waals surface area contributed by atoms with Crippen molar-refractivity contribution in [2.24, 2.45) is 5.73 Å². The molecule has 3 atom stereocenters. The molecule has 0 aromatic rings. The summed E-state index contributed by atoms with van der Waals surface area (Å²) in [4.78, 5) is 33.5. The molecule has 0 aliphatic carbocycles. The number of ether oxygens (including phenoxy) is 2. The van der Waals surface area contributed by atoms with Gasteiger partial charge in [-0.25, -0.2) is 4.57 Å². The molecule has 0 aliphatic rings. The first-order chi connectivity index (χ1) is 26.7. The van der Waals surface area contributed by atoms with Gasteiger partial charge in [0.05, 0.1) is 19.8 Å². The van der Waals surface area contributed by atoms with Crippen molar-refractivity contribution in [1.82, 2.24) is 0 Å². The van der Waals surface area contributed by atoms with Crippen LogP contribution in [0.2, 0.25) is 0 Å². The quantitative estimate of drug-likeness (QED) is 0.0235. The lowest BCUT2D eigenvalue weighted by atomic mass is 10.0. The average Bonchev–Trinajstić information content (AvgIpc) is 3.16. The number of hydrogen-bond acceptors (Lipinski definition) is 8. The second kappa shape index (κ2) is 40.9. The summed E-state index contributed by atoms with van der Waals surface area (Å²) in [5, 5.41) is 8.90. The summed E-state index contributed by atoms with van der Waals surface area (Å²) < 4.78 is 33.4. The predicted octanol–water partition coefficient (Wildman–Crippen LogP) is 12.5. The van der Waals surface area contributed by atoms with E-state index in [1.165, 1.54) is 148 Å². The highest BCUT2D eigenvalue weighted by Gasteiger charge is 2.27. The van der Waals surface area contributed by atoms with Gasteiger partial charge in [-0.2, -0.15) is 0 Å². The Morgan fingerprint density at radius 1 is 0.564 bits per heavy atom. The van der Waals surface area contributed by atoms with Crippen LogP contribution in [0.4, 0.5) is 0 Å². The molecule has 0 amide bonds. The van der Waals surface area contributed by atoms with Crippen molar-refractivity contribution in [3.63, 3.8) is 0 Å². The molecule has 326 valence electrons. The van der Waals surface area contributed by atoms with E-state index in [9.17, 15) is 19.0 Å². The fourth-order valence-electron chi connectivity index (χ4n) is 6.48. The number of carbonyl (C=O) groups excluding carboxylic acids is 1. The van der Waals surface area contributed by atoms with E-state index in [2.05, 4.69) is 26.0 Å². The molecule has 0 fully saturated rings. The summed E-state index contributed by atoms with van der Waals surface area (Å²) in [6, 6.07) is -1.47. The molecule has 0 saturated carbocycles. The number of rotatable bonds is 44. The number of carbonyl (C=O) groups is 2. The monoisotopic (exact) mass is 804 g/mol. The summed E-state index contributed by atoms with van der Waals surface area (Å²) in [5.74, 6) is -1.77. The third-order valence-electron chi connectivity index (χ3n) is 10.0. The number of aliphatic carboxylic acids is 1. The van der Waals surface area contributed by atoms with E-state index in [4.69, 9.17) is 29.4 Å². The summed E-state index contributed by atoms with van der Waals surface area (Å²) in [6.45, 7) is 3.91. The van der Waals surface area contributed by atoms with Gasteiger partial charge in [-0.15, -0.1) is 0 Å². The highest BCUT2D eigenvalue weighted by molar-refractivity contribution is 7.47. The van der Waals surface area contributed by atoms with Gasteiger partial charge in [0.15, 0.2) is 0 Å². The Hall–Kier alpha value is -1.29. The molecule has 0 aromatic carbocycles. The second-order valence-electron chi connectivity index (χ2n) is 15.5. The minimum Gasteiger partial charge on any atom is -0.480 e. The molecule has 0 heterocycles. The topological polar surface area (TPSA) is 155 Å². The van der Waals surface area contributed by atoms with Crippen LogP contribution in [0, 0.1) is 0 Å². The minimum absolute atomic E-state index is 0.0210. The predicted molar refractivity (Wildman–Crippen MR) is 226 cm³/mol. The molecule has 0 spiro atoms. The van der Waals surface area contributed by atoms with Gasteiger partial charge < -0.3 is 25.2 Å². The Morgan fingerprint density at radius 3 is 1.38 bits per heavy atom. The SMILES string of the molecule is CCCCCCCCCC/C=C\CCCCCCCCCC(=O)O[C@H](COCCCCCCCCCCCCCCCC)COP(=O)(O)OC[C@H](N)C(=O)O. The highest BCUT2D eigenvalue weighted by Crippen LogP contribution is 2.43. The summed E-state index contributed by atoms with van der Waals surface area (Å²) in [7, 11) is -4.61. The van der Waals surface area contributed by atoms with E-state index in [0.29, 0.717) is 13.0 Å². The first kappa shape index (κ1) is 53.7. The fourth-order valence-corrected chi connectivity index (χ4v) is 7.26. The maximum absolute atomic E-state index is 12.6. The van der Waals surface area contributed by atoms with E-state index in [0.717, 1.165) is 44.9 Å². The van der Waals surface area contributed by atoms with Crippen LogP contribution < -0.4 is 5.73 Å². The van der Waals surface area contributed by atoms with Gasteiger partial charge >= 0.3 is 19.8 Å². The Morgan fingerprint density at radius 2 is 0.945 bits per heavy atom. The number of allylic oxidation sites excluding steroid dienone is 2. The van der Waals surface area contributed by atoms with Gasteiger partial charge in [0.2, 0.25) is 0 Å². The van der Waals surface area contributed by atoms with Crippen LogP contribution in [0.5, 0.6) is 0 Å². The Balaban J connectivity index is 4.18. The number of phosphoric ester groups is 1. The van der Waals surface area contributed by atoms with Crippen LogP contribution >= 0.6 is 7.82 Å². The van der Waals surface area contributed by atoms with Crippen LogP contribution in [0.15, 0.2) is 12.2 Å². The maximum Gasteiger partial charge on any atom is 0.472 e. The molecule has 10 nitrogen and oxygen atoms in total. The zero-order chi connectivity index (χ0) is 40.5. The zero-order valence-corrected chi connectivity index (χ0v) is 36.4. The lowest BCUT2D eigenvalue weighted by Gasteiger charge is -2.20. The van der Waals surface area contributed by atoms with Gasteiger partial charge in [-0.3, -0.25) is 18.6 Å². The first-order valence-corrected chi connectivity index (χ1v) is 24.2. The van der Waals surface area contributed by atoms with E-state index >= 15 is 0 Å². The van der Waals surface area contributed by atoms with Crippen molar-refractivity contribution < 1.29 is 42.7 Å². The number of esters is 1. The largest absolute Gasteiger partial charge is 0.480 e. The number of hydrogen-bond donors (Lipinski definition) is 3. The smallest absolute Gasteiger partial charge is 0.472 e. The number of nitrogens with two attached hydrogens (primary N) is 1. The fraction of sp³-hybridized carbons (Fsp3) is 0.909. The lowest BCUT2D eigenvalue weighted by molar-refractivity contribution is -0.154.